The number of carbonyl (C=O) groups is 3. The van der Waals surface area contributed by atoms with Crippen molar-refractivity contribution in [1.29, 1.82) is 0 Å². The van der Waals surface area contributed by atoms with Gasteiger partial charge in [0.2, 0.25) is 5.91 Å². The third-order valence-electron chi connectivity index (χ3n) is 17.2. The van der Waals surface area contributed by atoms with Crippen molar-refractivity contribution in [3.8, 4) is 0 Å². The molecule has 1 heterocycles. The number of carboxylic acid groups (broad SMARTS) is 1. The van der Waals surface area contributed by atoms with Crippen LogP contribution < -0.4 is 5.32 Å². The Morgan fingerprint density at radius 2 is 1.62 bits per heavy atom. The number of allylic oxidation sites excluding steroid dienone is 1. The molecule has 1 aliphatic heterocycles. The van der Waals surface area contributed by atoms with Gasteiger partial charge in [-0.3, -0.25) is 19.3 Å². The molecule has 0 radical (unpaired) electrons. The molecule has 0 aromatic carbocycles. The van der Waals surface area contributed by atoms with Gasteiger partial charge in [0.25, 0.3) is 0 Å². The van der Waals surface area contributed by atoms with E-state index in [4.69, 9.17) is 9.47 Å². The van der Waals surface area contributed by atoms with Crippen molar-refractivity contribution in [2.75, 3.05) is 39.4 Å². The number of carbonyl (C=O) groups excluding carboxylic acids is 2. The summed E-state index contributed by atoms with van der Waals surface area (Å²) in [4.78, 5) is 41.0. The van der Waals surface area contributed by atoms with E-state index in [0.717, 1.165) is 84.3 Å². The SMILES string of the molecule is C=C(C)[C@@H]1CC[C@]2(CC(=O)NCCCN3CCOCC3)CC[C@]3(C)[C@H](CC[C@@H]4[C@@]5(C)CC[C@H](OC(=O)CC(C)(C)C(=O)O)C(C)(C)[C@@H]5CC[C@]43C)[C@@H]12. The molecule has 1 amide bonds. The van der Waals surface area contributed by atoms with E-state index in [2.05, 4.69) is 58.3 Å². The number of fused-ring (bicyclic) bond motifs is 7. The zero-order valence-corrected chi connectivity index (χ0v) is 34.0. The van der Waals surface area contributed by atoms with Gasteiger partial charge < -0.3 is 19.9 Å². The molecule has 0 unspecified atom stereocenters. The van der Waals surface area contributed by atoms with Crippen molar-refractivity contribution >= 4 is 17.8 Å². The summed E-state index contributed by atoms with van der Waals surface area (Å²) in [6.45, 7) is 27.9. The molecule has 294 valence electrons. The molecule has 1 saturated heterocycles. The van der Waals surface area contributed by atoms with Crippen LogP contribution in [0.4, 0.5) is 0 Å². The fraction of sp³-hybridized carbons (Fsp3) is 0.886. The number of nitrogens with zero attached hydrogens (tertiary/aromatic N) is 1. The van der Waals surface area contributed by atoms with Crippen LogP contribution in [-0.4, -0.2) is 73.3 Å². The summed E-state index contributed by atoms with van der Waals surface area (Å²) in [5.41, 5.74) is 0.578. The average Bonchev–Trinajstić information content (AvgIpc) is 3.44. The highest BCUT2D eigenvalue weighted by atomic mass is 16.5. The van der Waals surface area contributed by atoms with Crippen molar-refractivity contribution in [1.82, 2.24) is 10.2 Å². The fourth-order valence-corrected chi connectivity index (χ4v) is 14.2. The molecular formula is C44H72N2O6. The highest BCUT2D eigenvalue weighted by Crippen LogP contribution is 2.78. The lowest BCUT2D eigenvalue weighted by atomic mass is 9.32. The lowest BCUT2D eigenvalue weighted by Crippen LogP contribution is -2.67. The molecule has 6 rings (SSSR count). The molecule has 0 spiro atoms. The molecule has 10 atom stereocenters. The molecule has 0 aromatic heterocycles. The van der Waals surface area contributed by atoms with E-state index >= 15 is 0 Å². The summed E-state index contributed by atoms with van der Waals surface area (Å²) in [5, 5.41) is 13.0. The van der Waals surface area contributed by atoms with Gasteiger partial charge in [-0.25, -0.2) is 0 Å². The van der Waals surface area contributed by atoms with Gasteiger partial charge in [-0.1, -0.05) is 46.8 Å². The number of nitrogens with one attached hydrogen (secondary N) is 1. The van der Waals surface area contributed by atoms with Gasteiger partial charge in [0.15, 0.2) is 0 Å². The molecule has 8 heteroatoms. The second-order valence-corrected chi connectivity index (χ2v) is 20.6. The molecule has 0 bridgehead atoms. The quantitative estimate of drug-likeness (QED) is 0.126. The third kappa shape index (κ3) is 6.70. The first-order valence-corrected chi connectivity index (χ1v) is 21.0. The van der Waals surface area contributed by atoms with Gasteiger partial charge >= 0.3 is 11.9 Å². The minimum absolute atomic E-state index is 0.0610. The zero-order chi connectivity index (χ0) is 37.9. The minimum atomic E-state index is -1.14. The van der Waals surface area contributed by atoms with E-state index in [9.17, 15) is 19.5 Å². The topological polar surface area (TPSA) is 105 Å². The predicted molar refractivity (Wildman–Crippen MR) is 204 cm³/mol. The number of ether oxygens (including phenoxy) is 2. The lowest BCUT2D eigenvalue weighted by molar-refractivity contribution is -0.250. The number of hydrogen-bond acceptors (Lipinski definition) is 6. The van der Waals surface area contributed by atoms with Crippen LogP contribution in [0.2, 0.25) is 0 Å². The fourth-order valence-electron chi connectivity index (χ4n) is 14.2. The summed E-state index contributed by atoms with van der Waals surface area (Å²) in [7, 11) is 0. The standard InChI is InChI=1S/C44H72N2O6/c1-29(2)30-13-18-44(27-35(47)45-21-10-22-46-23-25-51-26-24-46)20-19-42(8)31(37(30)44)11-12-33-41(7)16-15-34(52-36(48)28-39(3,4)38(49)50)40(5,6)32(41)14-17-43(33,42)9/h30-34,37H,1,10-28H2,2-9H3,(H,45,47)(H,49,50)/t30-,31+,32-,33+,34-,37+,41-,42+,43+,44+/m0/s1. The maximum absolute atomic E-state index is 13.7. The normalized spacial score (nSPS) is 41.5. The summed E-state index contributed by atoms with van der Waals surface area (Å²) in [5.74, 6) is 1.49. The van der Waals surface area contributed by atoms with E-state index in [1.165, 1.54) is 31.3 Å². The second-order valence-electron chi connectivity index (χ2n) is 20.6. The maximum Gasteiger partial charge on any atom is 0.309 e. The Hall–Kier alpha value is -1.93. The van der Waals surface area contributed by atoms with Crippen LogP contribution >= 0.6 is 0 Å². The molecule has 0 aromatic rings. The van der Waals surface area contributed by atoms with E-state index in [1.807, 2.05) is 0 Å². The molecule has 8 nitrogen and oxygen atoms in total. The number of esters is 1. The molecule has 6 aliphatic rings. The van der Waals surface area contributed by atoms with Gasteiger partial charge in [0.05, 0.1) is 25.0 Å². The molecular weight excluding hydrogens is 652 g/mol. The zero-order valence-electron chi connectivity index (χ0n) is 34.0. The predicted octanol–water partition coefficient (Wildman–Crippen LogP) is 8.29. The van der Waals surface area contributed by atoms with Gasteiger partial charge in [0, 0.05) is 31.5 Å². The van der Waals surface area contributed by atoms with Crippen LogP contribution in [0.3, 0.4) is 0 Å². The van der Waals surface area contributed by atoms with Gasteiger partial charge in [0.1, 0.15) is 6.10 Å². The van der Waals surface area contributed by atoms with Crippen LogP contribution in [-0.2, 0) is 23.9 Å². The van der Waals surface area contributed by atoms with Crippen molar-refractivity contribution in [2.45, 2.75) is 145 Å². The summed E-state index contributed by atoms with van der Waals surface area (Å²) < 4.78 is 11.7. The summed E-state index contributed by atoms with van der Waals surface area (Å²) in [6.07, 6.45) is 12.6. The molecule has 52 heavy (non-hydrogen) atoms. The van der Waals surface area contributed by atoms with Crippen LogP contribution in [0.15, 0.2) is 12.2 Å². The Morgan fingerprint density at radius 1 is 0.904 bits per heavy atom. The van der Waals surface area contributed by atoms with Crippen molar-refractivity contribution in [3.63, 3.8) is 0 Å². The third-order valence-corrected chi connectivity index (χ3v) is 17.2. The first kappa shape index (κ1) is 39.8. The highest BCUT2D eigenvalue weighted by Gasteiger charge is 2.71. The van der Waals surface area contributed by atoms with E-state index in [1.54, 1.807) is 13.8 Å². The van der Waals surface area contributed by atoms with Crippen molar-refractivity contribution in [3.05, 3.63) is 12.2 Å². The van der Waals surface area contributed by atoms with Gasteiger partial charge in [-0.05, 0) is 149 Å². The number of hydrogen-bond donors (Lipinski definition) is 2. The Labute approximate surface area is 315 Å². The largest absolute Gasteiger partial charge is 0.481 e. The summed E-state index contributed by atoms with van der Waals surface area (Å²) in [6, 6.07) is 0. The number of amides is 1. The minimum Gasteiger partial charge on any atom is -0.481 e. The van der Waals surface area contributed by atoms with Crippen LogP contribution in [0, 0.1) is 62.1 Å². The smallest absolute Gasteiger partial charge is 0.309 e. The lowest BCUT2D eigenvalue weighted by Gasteiger charge is -2.73. The van der Waals surface area contributed by atoms with Crippen molar-refractivity contribution in [2.24, 2.45) is 62.1 Å². The van der Waals surface area contributed by atoms with E-state index in [0.29, 0.717) is 36.0 Å². The van der Waals surface area contributed by atoms with Crippen LogP contribution in [0.1, 0.15) is 139 Å². The average molecular weight is 725 g/mol. The second kappa shape index (κ2) is 14.3. The van der Waals surface area contributed by atoms with Gasteiger partial charge in [-0.2, -0.15) is 0 Å². The molecule has 6 fully saturated rings. The summed E-state index contributed by atoms with van der Waals surface area (Å²) >= 11 is 0. The Morgan fingerprint density at radius 3 is 2.29 bits per heavy atom. The Bertz CT molecular complexity index is 1390. The Kier molecular flexibility index (Phi) is 10.9. The number of morpholine rings is 1. The van der Waals surface area contributed by atoms with E-state index in [-0.39, 0.29) is 45.5 Å². The maximum atomic E-state index is 13.7. The molecule has 5 saturated carbocycles. The number of rotatable bonds is 11. The van der Waals surface area contributed by atoms with Crippen LogP contribution in [0.25, 0.3) is 0 Å². The molecule has 5 aliphatic carbocycles. The monoisotopic (exact) mass is 725 g/mol. The first-order valence-electron chi connectivity index (χ1n) is 21.0. The highest BCUT2D eigenvalue weighted by molar-refractivity contribution is 5.81. The van der Waals surface area contributed by atoms with Crippen molar-refractivity contribution < 1.29 is 29.0 Å². The number of carboxylic acids is 1. The van der Waals surface area contributed by atoms with Crippen LogP contribution in [0.5, 0.6) is 0 Å². The van der Waals surface area contributed by atoms with E-state index < -0.39 is 17.4 Å². The van der Waals surface area contributed by atoms with Gasteiger partial charge in [-0.15, -0.1) is 0 Å². The number of aliphatic carboxylic acids is 1. The Balaban J connectivity index is 1.17. The first-order chi connectivity index (χ1) is 24.3. The molecule has 2 N–H and O–H groups in total.